The molecular weight excluding hydrogens is 428 g/mol. The van der Waals surface area contributed by atoms with Gasteiger partial charge in [0.05, 0.1) is 19.8 Å². The molecule has 0 aliphatic carbocycles. The number of hydrogen-bond acceptors (Lipinski definition) is 7. The maximum atomic E-state index is 12.7. The van der Waals surface area contributed by atoms with Crippen molar-refractivity contribution in [2.75, 3.05) is 32.9 Å². The molecule has 2 aromatic carbocycles. The molecule has 0 unspecified atom stereocenters. The van der Waals surface area contributed by atoms with Crippen LogP contribution in [0, 0.1) is 0 Å². The average Bonchev–Trinajstić information content (AvgIpc) is 2.78. The molecular formula is C24H30N2O7. The fourth-order valence-corrected chi connectivity index (χ4v) is 2.94. The summed E-state index contributed by atoms with van der Waals surface area (Å²) in [6.07, 6.45) is 0. The van der Waals surface area contributed by atoms with Crippen molar-refractivity contribution in [2.45, 2.75) is 27.7 Å². The van der Waals surface area contributed by atoms with Crippen molar-refractivity contribution >= 4 is 17.8 Å². The van der Waals surface area contributed by atoms with Crippen LogP contribution in [-0.4, -0.2) is 50.7 Å². The summed E-state index contributed by atoms with van der Waals surface area (Å²) in [7, 11) is 0. The van der Waals surface area contributed by atoms with Crippen molar-refractivity contribution < 1.29 is 33.3 Å². The number of benzene rings is 2. The Morgan fingerprint density at radius 1 is 0.758 bits per heavy atom. The second kappa shape index (κ2) is 12.9. The lowest BCUT2D eigenvalue weighted by Gasteiger charge is -2.17. The van der Waals surface area contributed by atoms with E-state index in [1.54, 1.807) is 30.3 Å². The lowest BCUT2D eigenvalue weighted by molar-refractivity contribution is -0.131. The van der Waals surface area contributed by atoms with E-state index in [1.165, 1.54) is 13.0 Å². The number of ether oxygens (including phenoxy) is 4. The Bertz CT molecular complexity index is 948. The molecule has 2 N–H and O–H groups in total. The van der Waals surface area contributed by atoms with Gasteiger partial charge in [-0.2, -0.15) is 0 Å². The van der Waals surface area contributed by atoms with Gasteiger partial charge in [-0.1, -0.05) is 6.07 Å². The fourth-order valence-electron chi connectivity index (χ4n) is 2.94. The van der Waals surface area contributed by atoms with Gasteiger partial charge < -0.3 is 29.6 Å². The molecule has 178 valence electrons. The highest BCUT2D eigenvalue weighted by Crippen LogP contribution is 2.39. The van der Waals surface area contributed by atoms with Crippen LogP contribution in [0.3, 0.4) is 0 Å². The summed E-state index contributed by atoms with van der Waals surface area (Å²) in [5.74, 6) is 0.440. The quantitative estimate of drug-likeness (QED) is 0.286. The number of carbonyl (C=O) groups excluding carboxylic acids is 3. The fraction of sp³-hybridized carbons (Fsp3) is 0.375. The third-order valence-electron chi connectivity index (χ3n) is 4.23. The Kier molecular flexibility index (Phi) is 10.0. The van der Waals surface area contributed by atoms with Gasteiger partial charge in [-0.3, -0.25) is 14.4 Å². The third kappa shape index (κ3) is 7.71. The highest BCUT2D eigenvalue weighted by atomic mass is 16.5. The van der Waals surface area contributed by atoms with Crippen LogP contribution in [-0.2, 0) is 4.79 Å². The summed E-state index contributed by atoms with van der Waals surface area (Å²) < 4.78 is 21.9. The molecule has 0 spiro atoms. The molecule has 0 atom stereocenters. The lowest BCUT2D eigenvalue weighted by atomic mass is 10.1. The Balaban J connectivity index is 1.98. The first-order valence-corrected chi connectivity index (χ1v) is 10.8. The number of nitrogens with one attached hydrogen (secondary N) is 2. The van der Waals surface area contributed by atoms with Crippen LogP contribution in [0.5, 0.6) is 23.0 Å². The summed E-state index contributed by atoms with van der Waals surface area (Å²) >= 11 is 0. The van der Waals surface area contributed by atoms with Crippen molar-refractivity contribution in [1.29, 1.82) is 0 Å². The Labute approximate surface area is 193 Å². The van der Waals surface area contributed by atoms with Gasteiger partial charge in [0.15, 0.2) is 11.5 Å². The van der Waals surface area contributed by atoms with Gasteiger partial charge >= 0.3 is 5.97 Å². The first kappa shape index (κ1) is 25.5. The first-order chi connectivity index (χ1) is 15.9. The number of amides is 2. The van der Waals surface area contributed by atoms with Crippen LogP contribution in [0.4, 0.5) is 0 Å². The van der Waals surface area contributed by atoms with E-state index >= 15 is 0 Å². The summed E-state index contributed by atoms with van der Waals surface area (Å²) in [5, 5.41) is 5.47. The zero-order valence-electron chi connectivity index (χ0n) is 19.4. The van der Waals surface area contributed by atoms with Gasteiger partial charge in [0.25, 0.3) is 11.8 Å². The number of rotatable bonds is 12. The van der Waals surface area contributed by atoms with E-state index in [0.29, 0.717) is 48.2 Å². The molecule has 0 aromatic heterocycles. The van der Waals surface area contributed by atoms with Gasteiger partial charge in [0.1, 0.15) is 5.75 Å². The van der Waals surface area contributed by atoms with Crippen molar-refractivity contribution in [3.63, 3.8) is 0 Å². The molecule has 0 radical (unpaired) electrons. The van der Waals surface area contributed by atoms with Gasteiger partial charge in [-0.05, 0) is 51.1 Å². The molecule has 0 heterocycles. The standard InChI is InChI=1S/C24H30N2O7/c1-5-30-20-14-18(15-21(31-6-2)22(20)32-7-3)24(29)26-12-11-25-23(28)17-9-8-10-19(13-17)33-16(4)27/h8-10,13-15H,5-7,11-12H2,1-4H3,(H,25,28)(H,26,29). The van der Waals surface area contributed by atoms with Crippen LogP contribution in [0.25, 0.3) is 0 Å². The predicted octanol–water partition coefficient (Wildman–Crippen LogP) is 2.97. The molecule has 9 nitrogen and oxygen atoms in total. The van der Waals surface area contributed by atoms with Gasteiger partial charge in [-0.25, -0.2) is 0 Å². The molecule has 0 saturated heterocycles. The highest BCUT2D eigenvalue weighted by molar-refractivity contribution is 5.96. The number of carbonyl (C=O) groups is 3. The molecule has 2 rings (SSSR count). The van der Waals surface area contributed by atoms with E-state index in [4.69, 9.17) is 18.9 Å². The van der Waals surface area contributed by atoms with Crippen LogP contribution >= 0.6 is 0 Å². The van der Waals surface area contributed by atoms with Crippen molar-refractivity contribution in [1.82, 2.24) is 10.6 Å². The topological polar surface area (TPSA) is 112 Å². The monoisotopic (exact) mass is 458 g/mol. The second-order valence-electron chi connectivity index (χ2n) is 6.73. The van der Waals surface area contributed by atoms with Crippen LogP contribution < -0.4 is 29.6 Å². The average molecular weight is 459 g/mol. The molecule has 2 amide bonds. The van der Waals surface area contributed by atoms with Gasteiger partial charge in [0, 0.05) is 31.1 Å². The SMILES string of the molecule is CCOc1cc(C(=O)NCCNC(=O)c2cccc(OC(C)=O)c2)cc(OCC)c1OCC. The van der Waals surface area contributed by atoms with E-state index < -0.39 is 5.97 Å². The Morgan fingerprint density at radius 3 is 1.82 bits per heavy atom. The predicted molar refractivity (Wildman–Crippen MR) is 122 cm³/mol. The van der Waals surface area contributed by atoms with Crippen molar-refractivity contribution in [3.05, 3.63) is 47.5 Å². The molecule has 0 fully saturated rings. The van der Waals surface area contributed by atoms with Crippen LogP contribution in [0.15, 0.2) is 36.4 Å². The van der Waals surface area contributed by atoms with Gasteiger partial charge in [-0.15, -0.1) is 0 Å². The maximum Gasteiger partial charge on any atom is 0.308 e. The van der Waals surface area contributed by atoms with E-state index in [2.05, 4.69) is 10.6 Å². The van der Waals surface area contributed by atoms with Crippen LogP contribution in [0.2, 0.25) is 0 Å². The zero-order valence-corrected chi connectivity index (χ0v) is 19.4. The number of esters is 1. The van der Waals surface area contributed by atoms with Crippen LogP contribution in [0.1, 0.15) is 48.4 Å². The second-order valence-corrected chi connectivity index (χ2v) is 6.73. The minimum atomic E-state index is -0.468. The minimum Gasteiger partial charge on any atom is -0.490 e. The van der Waals surface area contributed by atoms with Crippen molar-refractivity contribution in [2.24, 2.45) is 0 Å². The summed E-state index contributed by atoms with van der Waals surface area (Å²) in [4.78, 5) is 36.0. The summed E-state index contributed by atoms with van der Waals surface area (Å²) in [5.41, 5.74) is 0.695. The van der Waals surface area contributed by atoms with E-state index in [-0.39, 0.29) is 30.7 Å². The molecule has 0 aliphatic heterocycles. The summed E-state index contributed by atoms with van der Waals surface area (Å²) in [6, 6.07) is 9.48. The summed E-state index contributed by atoms with van der Waals surface area (Å²) in [6.45, 7) is 8.46. The Morgan fingerprint density at radius 2 is 1.30 bits per heavy atom. The lowest BCUT2D eigenvalue weighted by Crippen LogP contribution is -2.34. The maximum absolute atomic E-state index is 12.7. The molecule has 33 heavy (non-hydrogen) atoms. The Hall–Kier alpha value is -3.75. The molecule has 0 saturated carbocycles. The normalized spacial score (nSPS) is 10.2. The minimum absolute atomic E-state index is 0.204. The molecule has 2 aromatic rings. The van der Waals surface area contributed by atoms with E-state index in [9.17, 15) is 14.4 Å². The number of hydrogen-bond donors (Lipinski definition) is 2. The van der Waals surface area contributed by atoms with E-state index in [1.807, 2.05) is 20.8 Å². The van der Waals surface area contributed by atoms with Gasteiger partial charge in [0.2, 0.25) is 5.75 Å². The third-order valence-corrected chi connectivity index (χ3v) is 4.23. The highest BCUT2D eigenvalue weighted by Gasteiger charge is 2.18. The first-order valence-electron chi connectivity index (χ1n) is 10.8. The largest absolute Gasteiger partial charge is 0.490 e. The molecule has 0 bridgehead atoms. The van der Waals surface area contributed by atoms with E-state index in [0.717, 1.165) is 0 Å². The van der Waals surface area contributed by atoms with Crippen molar-refractivity contribution in [3.8, 4) is 23.0 Å². The molecule has 9 heteroatoms. The molecule has 0 aliphatic rings. The smallest absolute Gasteiger partial charge is 0.308 e. The zero-order chi connectivity index (χ0) is 24.2.